The minimum absolute atomic E-state index is 0.0740. The molecule has 0 saturated carbocycles. The number of esters is 1. The van der Waals surface area contributed by atoms with Crippen molar-refractivity contribution in [2.75, 3.05) is 13.2 Å². The molecule has 2 N–H and O–H groups in total. The van der Waals surface area contributed by atoms with Gasteiger partial charge in [0.15, 0.2) is 18.4 Å². The third-order valence-electron chi connectivity index (χ3n) is 4.54. The minimum atomic E-state index is -1.07. The predicted molar refractivity (Wildman–Crippen MR) is 114 cm³/mol. The van der Waals surface area contributed by atoms with Gasteiger partial charge in [-0.25, -0.2) is 4.79 Å². The van der Waals surface area contributed by atoms with E-state index in [-0.39, 0.29) is 5.76 Å². The first-order valence-electron chi connectivity index (χ1n) is 10.00. The molecule has 0 aliphatic rings. The van der Waals surface area contributed by atoms with Crippen LogP contribution in [-0.4, -0.2) is 30.9 Å². The lowest BCUT2D eigenvalue weighted by Gasteiger charge is -2.17. The van der Waals surface area contributed by atoms with Crippen LogP contribution in [0.4, 0.5) is 0 Å². The first-order valence-corrected chi connectivity index (χ1v) is 10.00. The van der Waals surface area contributed by atoms with Crippen molar-refractivity contribution in [3.8, 4) is 0 Å². The van der Waals surface area contributed by atoms with E-state index in [4.69, 9.17) is 9.15 Å². The van der Waals surface area contributed by atoms with Crippen molar-refractivity contribution in [2.45, 2.75) is 18.9 Å². The lowest BCUT2D eigenvalue weighted by Crippen LogP contribution is -2.37. The van der Waals surface area contributed by atoms with Gasteiger partial charge >= 0.3 is 5.97 Å². The van der Waals surface area contributed by atoms with Gasteiger partial charge in [-0.2, -0.15) is 0 Å². The average Bonchev–Trinajstić information content (AvgIpc) is 3.35. The van der Waals surface area contributed by atoms with Gasteiger partial charge in [-0.1, -0.05) is 60.7 Å². The minimum Gasteiger partial charge on any atom is -0.459 e. The summed E-state index contributed by atoms with van der Waals surface area (Å²) in [5, 5.41) is 5.32. The van der Waals surface area contributed by atoms with E-state index in [0.29, 0.717) is 12.1 Å². The molecule has 2 amide bonds. The highest BCUT2D eigenvalue weighted by Crippen LogP contribution is 2.16. The summed E-state index contributed by atoms with van der Waals surface area (Å²) in [6, 6.07) is 20.6. The third kappa shape index (κ3) is 6.85. The molecule has 0 radical (unpaired) electrons. The average molecular weight is 420 g/mol. The second-order valence-electron chi connectivity index (χ2n) is 6.84. The fraction of sp³-hybridized carbons (Fsp3) is 0.208. The number of carbonyl (C=O) groups excluding carboxylic acids is 3. The Bertz CT molecular complexity index is 972. The number of nitrogens with one attached hydrogen (secondary N) is 2. The molecule has 31 heavy (non-hydrogen) atoms. The van der Waals surface area contributed by atoms with Gasteiger partial charge in [-0.3, -0.25) is 9.59 Å². The topological polar surface area (TPSA) is 97.6 Å². The number of furan rings is 1. The summed E-state index contributed by atoms with van der Waals surface area (Å²) in [6.45, 7) is 0.0484. The van der Waals surface area contributed by atoms with Crippen molar-refractivity contribution >= 4 is 17.8 Å². The van der Waals surface area contributed by atoms with E-state index in [1.165, 1.54) is 17.9 Å². The first kappa shape index (κ1) is 21.8. The third-order valence-corrected chi connectivity index (χ3v) is 4.54. The Morgan fingerprint density at radius 3 is 2.29 bits per heavy atom. The Morgan fingerprint density at radius 1 is 0.903 bits per heavy atom. The number of rotatable bonds is 10. The molecule has 1 aromatic heterocycles. The smallest absolute Gasteiger partial charge is 0.333 e. The van der Waals surface area contributed by atoms with Gasteiger partial charge in [0, 0.05) is 6.54 Å². The van der Waals surface area contributed by atoms with E-state index >= 15 is 0 Å². The van der Waals surface area contributed by atoms with Crippen molar-refractivity contribution in [3.63, 3.8) is 0 Å². The number of hydrogen-bond acceptors (Lipinski definition) is 5. The van der Waals surface area contributed by atoms with E-state index in [1.54, 1.807) is 36.4 Å². The van der Waals surface area contributed by atoms with E-state index < -0.39 is 30.4 Å². The predicted octanol–water partition coefficient (Wildman–Crippen LogP) is 3.04. The molecule has 1 atom stereocenters. The lowest BCUT2D eigenvalue weighted by molar-refractivity contribution is -0.150. The largest absolute Gasteiger partial charge is 0.459 e. The molecule has 0 bridgehead atoms. The van der Waals surface area contributed by atoms with Crippen LogP contribution >= 0.6 is 0 Å². The number of benzene rings is 2. The van der Waals surface area contributed by atoms with Crippen molar-refractivity contribution in [1.29, 1.82) is 0 Å². The molecule has 0 saturated heterocycles. The molecule has 1 unspecified atom stereocenters. The molecule has 0 aliphatic carbocycles. The molecular formula is C24H24N2O5. The maximum atomic E-state index is 12.6. The second kappa shape index (κ2) is 11.3. The Balaban J connectivity index is 1.49. The van der Waals surface area contributed by atoms with Crippen molar-refractivity contribution in [1.82, 2.24) is 10.6 Å². The van der Waals surface area contributed by atoms with Crippen molar-refractivity contribution in [3.05, 3.63) is 95.9 Å². The number of ether oxygens (including phenoxy) is 1. The zero-order chi connectivity index (χ0) is 21.9. The molecule has 3 rings (SSSR count). The van der Waals surface area contributed by atoms with Crippen molar-refractivity contribution < 1.29 is 23.5 Å². The summed E-state index contributed by atoms with van der Waals surface area (Å²) in [5.41, 5.74) is 1.73. The SMILES string of the molecule is O=C(COC(=O)C(NC(=O)c1ccco1)c1ccccc1)NCCCc1ccccc1. The van der Waals surface area contributed by atoms with Crippen LogP contribution in [0.5, 0.6) is 0 Å². The van der Waals surface area contributed by atoms with Gasteiger partial charge in [0.2, 0.25) is 0 Å². The quantitative estimate of drug-likeness (QED) is 0.388. The summed E-state index contributed by atoms with van der Waals surface area (Å²) >= 11 is 0. The molecule has 0 aliphatic heterocycles. The second-order valence-corrected chi connectivity index (χ2v) is 6.84. The fourth-order valence-electron chi connectivity index (χ4n) is 2.97. The van der Waals surface area contributed by atoms with Crippen molar-refractivity contribution in [2.24, 2.45) is 0 Å². The zero-order valence-corrected chi connectivity index (χ0v) is 17.0. The van der Waals surface area contributed by atoms with E-state index in [9.17, 15) is 14.4 Å². The van der Waals surface area contributed by atoms with Crippen LogP contribution in [0.1, 0.15) is 34.1 Å². The maximum absolute atomic E-state index is 12.6. The monoisotopic (exact) mass is 420 g/mol. The van der Waals surface area contributed by atoms with Gasteiger partial charge in [-0.05, 0) is 36.1 Å². The normalized spacial score (nSPS) is 11.4. The molecule has 2 aromatic carbocycles. The summed E-state index contributed by atoms with van der Waals surface area (Å²) in [6.07, 6.45) is 2.98. The maximum Gasteiger partial charge on any atom is 0.333 e. The molecule has 0 fully saturated rings. The summed E-state index contributed by atoms with van der Waals surface area (Å²) in [5.74, 6) is -1.61. The Kier molecular flexibility index (Phi) is 7.99. The molecule has 3 aromatic rings. The van der Waals surface area contributed by atoms with Gasteiger partial charge in [0.25, 0.3) is 11.8 Å². The molecule has 0 spiro atoms. The first-order chi connectivity index (χ1) is 15.1. The zero-order valence-electron chi connectivity index (χ0n) is 17.0. The fourth-order valence-corrected chi connectivity index (χ4v) is 2.97. The number of aryl methyl sites for hydroxylation is 1. The molecular weight excluding hydrogens is 396 g/mol. The van der Waals surface area contributed by atoms with Crippen LogP contribution in [-0.2, 0) is 20.7 Å². The highest BCUT2D eigenvalue weighted by molar-refractivity contribution is 5.95. The standard InChI is InChI=1S/C24H24N2O5/c27-21(25-15-7-11-18-9-3-1-4-10-18)17-31-24(29)22(19-12-5-2-6-13-19)26-23(28)20-14-8-16-30-20/h1-6,8-10,12-14,16,22H,7,11,15,17H2,(H,25,27)(H,26,28). The van der Waals surface area contributed by atoms with Crippen LogP contribution in [0.2, 0.25) is 0 Å². The van der Waals surface area contributed by atoms with Crippen LogP contribution in [0.25, 0.3) is 0 Å². The van der Waals surface area contributed by atoms with E-state index in [1.807, 2.05) is 30.3 Å². The Morgan fingerprint density at radius 2 is 1.61 bits per heavy atom. The van der Waals surface area contributed by atoms with E-state index in [2.05, 4.69) is 10.6 Å². The van der Waals surface area contributed by atoms with Crippen LogP contribution < -0.4 is 10.6 Å². The molecule has 160 valence electrons. The lowest BCUT2D eigenvalue weighted by atomic mass is 10.1. The van der Waals surface area contributed by atoms with Crippen LogP contribution in [0.15, 0.2) is 83.5 Å². The summed E-state index contributed by atoms with van der Waals surface area (Å²) < 4.78 is 10.2. The van der Waals surface area contributed by atoms with Crippen LogP contribution in [0, 0.1) is 0 Å². The van der Waals surface area contributed by atoms with Gasteiger partial charge < -0.3 is 19.8 Å². The molecule has 1 heterocycles. The highest BCUT2D eigenvalue weighted by Gasteiger charge is 2.26. The molecule has 7 heteroatoms. The Hall–Kier alpha value is -3.87. The number of amides is 2. The van der Waals surface area contributed by atoms with Gasteiger partial charge in [0.1, 0.15) is 0 Å². The molecule has 7 nitrogen and oxygen atoms in total. The number of carbonyl (C=O) groups is 3. The Labute approximate surface area is 180 Å². The summed E-state index contributed by atoms with van der Waals surface area (Å²) in [7, 11) is 0. The van der Waals surface area contributed by atoms with Crippen LogP contribution in [0.3, 0.4) is 0 Å². The highest BCUT2D eigenvalue weighted by atomic mass is 16.5. The number of hydrogen-bond donors (Lipinski definition) is 2. The summed E-state index contributed by atoms with van der Waals surface area (Å²) in [4.78, 5) is 37.0. The van der Waals surface area contributed by atoms with Gasteiger partial charge in [0.05, 0.1) is 6.26 Å². The van der Waals surface area contributed by atoms with E-state index in [0.717, 1.165) is 12.8 Å². The van der Waals surface area contributed by atoms with Gasteiger partial charge in [-0.15, -0.1) is 0 Å².